The van der Waals surface area contributed by atoms with Gasteiger partial charge < -0.3 is 0 Å². The third kappa shape index (κ3) is 6.52. The molecule has 0 fully saturated rings. The van der Waals surface area contributed by atoms with Gasteiger partial charge in [-0.15, -0.1) is 12.1 Å². The average molecular weight is 553 g/mol. The lowest BCUT2D eigenvalue weighted by atomic mass is 10.2. The molecule has 194 valence electrons. The van der Waals surface area contributed by atoms with Crippen molar-refractivity contribution in [3.05, 3.63) is 96.6 Å². The van der Waals surface area contributed by atoms with Crippen molar-refractivity contribution >= 4 is 39.5 Å². The summed E-state index contributed by atoms with van der Waals surface area (Å²) in [4.78, 5) is 0.158. The zero-order valence-electron chi connectivity index (χ0n) is 21.8. The van der Waals surface area contributed by atoms with Gasteiger partial charge in [-0.3, -0.25) is 4.31 Å². The zero-order chi connectivity index (χ0) is 27.4. The summed E-state index contributed by atoms with van der Waals surface area (Å²) in [6, 6.07) is 22.4. The van der Waals surface area contributed by atoms with E-state index in [1.807, 2.05) is 33.5 Å². The smallest absolute Gasteiger partial charge is 0.260 e. The van der Waals surface area contributed by atoms with E-state index in [1.165, 1.54) is 30.3 Å². The molecule has 6 nitrogen and oxygen atoms in total. The highest BCUT2D eigenvalue weighted by molar-refractivity contribution is 7.93. The fourth-order valence-corrected chi connectivity index (χ4v) is 6.66. The van der Waals surface area contributed by atoms with Crippen LogP contribution in [0, 0.1) is 25.4 Å². The fraction of sp³-hybridized carbons (Fsp3) is 0.214. The second-order valence-corrected chi connectivity index (χ2v) is 18.1. The molecule has 0 aliphatic rings. The highest BCUT2D eigenvalue weighted by Gasteiger charge is 2.31. The van der Waals surface area contributed by atoms with Gasteiger partial charge in [-0.2, -0.15) is 4.31 Å². The molecule has 0 saturated carbocycles. The van der Waals surface area contributed by atoms with Crippen molar-refractivity contribution in [2.45, 2.75) is 43.3 Å². The van der Waals surface area contributed by atoms with Crippen LogP contribution in [0.1, 0.15) is 11.1 Å². The Morgan fingerprint density at radius 3 is 1.68 bits per heavy atom. The lowest BCUT2D eigenvalue weighted by Gasteiger charge is -2.28. The molecule has 0 saturated heterocycles. The van der Waals surface area contributed by atoms with Gasteiger partial charge >= 0.3 is 0 Å². The molecule has 3 aromatic rings. The van der Waals surface area contributed by atoms with Gasteiger partial charge in [-0.05, 0) is 50.2 Å². The van der Waals surface area contributed by atoms with Gasteiger partial charge in [0.15, 0.2) is 0 Å². The molecule has 0 heterocycles. The summed E-state index contributed by atoms with van der Waals surface area (Å²) < 4.78 is 57.5. The largest absolute Gasteiger partial charge is 0.275 e. The number of benzene rings is 3. The summed E-state index contributed by atoms with van der Waals surface area (Å²) >= 11 is 0. The van der Waals surface area contributed by atoms with Crippen molar-refractivity contribution in [2.75, 3.05) is 15.2 Å². The Balaban J connectivity index is 2.28. The summed E-state index contributed by atoms with van der Waals surface area (Å²) in [5.74, 6) is 0. The molecule has 0 aromatic heterocycles. The molecule has 0 aliphatic carbocycles. The molecule has 0 N–H and O–H groups in total. The summed E-state index contributed by atoms with van der Waals surface area (Å²) in [5.41, 5.74) is 5.30. The van der Waals surface area contributed by atoms with Crippen LogP contribution in [-0.2, 0) is 20.0 Å². The van der Waals surface area contributed by atoms with E-state index in [2.05, 4.69) is 18.2 Å². The summed E-state index contributed by atoms with van der Waals surface area (Å²) in [7, 11) is -10.2. The van der Waals surface area contributed by atoms with Crippen LogP contribution in [0.5, 0.6) is 0 Å². The molecule has 0 unspecified atom stereocenters. The summed E-state index contributed by atoms with van der Waals surface area (Å²) in [6.45, 7) is 13.4. The summed E-state index contributed by atoms with van der Waals surface area (Å²) in [6.07, 6.45) is 1.47. The minimum absolute atomic E-state index is 0.0624. The van der Waals surface area contributed by atoms with Crippen LogP contribution in [-0.4, -0.2) is 31.5 Å². The van der Waals surface area contributed by atoms with Crippen LogP contribution >= 0.6 is 0 Å². The molecule has 0 spiro atoms. The normalized spacial score (nSPS) is 11.8. The van der Waals surface area contributed by atoms with E-state index in [0.29, 0.717) is 0 Å². The van der Waals surface area contributed by atoms with Crippen LogP contribution in [0.2, 0.25) is 19.6 Å². The van der Waals surface area contributed by atoms with Crippen LogP contribution in [0.3, 0.4) is 0 Å². The van der Waals surface area contributed by atoms with Gasteiger partial charge in [0, 0.05) is 6.04 Å². The highest BCUT2D eigenvalue weighted by atomic mass is 32.2. The lowest BCUT2D eigenvalue weighted by molar-refractivity contribution is 0.591. The number of nitrogens with zero attached hydrogens (tertiary/aromatic N) is 2. The second kappa shape index (κ2) is 11.0. The summed E-state index contributed by atoms with van der Waals surface area (Å²) in [5, 5.41) is 0. The Morgan fingerprint density at radius 2 is 1.22 bits per heavy atom. The van der Waals surface area contributed by atoms with Gasteiger partial charge in [0.25, 0.3) is 20.0 Å². The molecule has 9 heteroatoms. The molecule has 0 bridgehead atoms. The number of hydrogen-bond acceptors (Lipinski definition) is 4. The Labute approximate surface area is 222 Å². The topological polar surface area (TPSA) is 74.8 Å². The number of aryl methyl sites for hydroxylation is 2. The van der Waals surface area contributed by atoms with E-state index in [-0.39, 0.29) is 27.7 Å². The van der Waals surface area contributed by atoms with E-state index in [1.54, 1.807) is 48.5 Å². The first-order chi connectivity index (χ1) is 17.3. The fourth-order valence-electron chi connectivity index (χ4n) is 3.41. The van der Waals surface area contributed by atoms with Gasteiger partial charge in [0.05, 0.1) is 27.7 Å². The van der Waals surface area contributed by atoms with Crippen molar-refractivity contribution in [1.82, 2.24) is 0 Å². The zero-order valence-corrected chi connectivity index (χ0v) is 24.4. The van der Waals surface area contributed by atoms with Gasteiger partial charge in [0.1, 0.15) is 8.07 Å². The van der Waals surface area contributed by atoms with E-state index < -0.39 is 28.1 Å². The maximum absolute atomic E-state index is 13.9. The van der Waals surface area contributed by atoms with Crippen LogP contribution in [0.15, 0.2) is 95.2 Å². The number of para-hydroxylation sites is 2. The second-order valence-electron chi connectivity index (χ2n) is 9.70. The Morgan fingerprint density at radius 1 is 0.757 bits per heavy atom. The number of sulfonamides is 2. The monoisotopic (exact) mass is 552 g/mol. The first-order valence-electron chi connectivity index (χ1n) is 11.7. The third-order valence-electron chi connectivity index (χ3n) is 5.36. The lowest BCUT2D eigenvalue weighted by Crippen LogP contribution is -2.34. The molecular formula is C28H32N2O4S2Si. The third-order valence-corrected chi connectivity index (χ3v) is 9.66. The molecule has 0 aliphatic heterocycles. The molecule has 0 atom stereocenters. The van der Waals surface area contributed by atoms with Crippen LogP contribution < -0.4 is 8.61 Å². The first-order valence-corrected chi connectivity index (χ1v) is 18.1. The number of rotatable bonds is 8. The standard InChI is InChI=1S/C28H32N2O4S2Si/c1-7-20-29(35(31,32)25-16-12-23(2)13-17-25)27-10-8-9-11-28(27)30(21-22-37(4,5)6)36(33,34)26-18-14-24(3)15-19-26/h7-19H,1,20H2,2-6H3. The SMILES string of the molecule is C=CCN(c1ccccc1N(C#C[Si](C)(C)C)S(=O)(=O)c1ccc(C)cc1)S(=O)(=O)c1ccc(C)cc1. The van der Waals surface area contributed by atoms with E-state index in [9.17, 15) is 16.8 Å². The molecular weight excluding hydrogens is 521 g/mol. The first kappa shape index (κ1) is 28.3. The minimum Gasteiger partial charge on any atom is -0.260 e. The predicted octanol–water partition coefficient (Wildman–Crippen LogP) is 5.72. The predicted molar refractivity (Wildman–Crippen MR) is 154 cm³/mol. The van der Waals surface area contributed by atoms with E-state index in [0.717, 1.165) is 19.7 Å². The van der Waals surface area contributed by atoms with E-state index >= 15 is 0 Å². The maximum Gasteiger partial charge on any atom is 0.275 e. The molecule has 3 rings (SSSR count). The quantitative estimate of drug-likeness (QED) is 0.155. The molecule has 0 amide bonds. The van der Waals surface area contributed by atoms with Crippen molar-refractivity contribution in [3.63, 3.8) is 0 Å². The van der Waals surface area contributed by atoms with E-state index in [4.69, 9.17) is 0 Å². The van der Waals surface area contributed by atoms with Gasteiger partial charge in [-0.25, -0.2) is 16.8 Å². The van der Waals surface area contributed by atoms with Crippen LogP contribution in [0.4, 0.5) is 11.4 Å². The van der Waals surface area contributed by atoms with Gasteiger partial charge in [0.2, 0.25) is 0 Å². The maximum atomic E-state index is 13.9. The van der Waals surface area contributed by atoms with Crippen molar-refractivity contribution in [2.24, 2.45) is 0 Å². The van der Waals surface area contributed by atoms with Crippen molar-refractivity contribution in [3.8, 4) is 11.6 Å². The minimum atomic E-state index is -4.15. The van der Waals surface area contributed by atoms with Gasteiger partial charge in [-0.1, -0.05) is 73.2 Å². The number of anilines is 2. The Bertz CT molecular complexity index is 1550. The number of hydrogen-bond donors (Lipinski definition) is 0. The molecule has 0 radical (unpaired) electrons. The van der Waals surface area contributed by atoms with Crippen molar-refractivity contribution < 1.29 is 16.8 Å². The highest BCUT2D eigenvalue weighted by Crippen LogP contribution is 2.36. The Kier molecular flexibility index (Phi) is 8.37. The molecule has 3 aromatic carbocycles. The average Bonchev–Trinajstić information content (AvgIpc) is 2.83. The van der Waals surface area contributed by atoms with Crippen LogP contribution in [0.25, 0.3) is 0 Å². The molecule has 37 heavy (non-hydrogen) atoms. The Hall–Kier alpha value is -3.32. The van der Waals surface area contributed by atoms with Crippen molar-refractivity contribution in [1.29, 1.82) is 0 Å².